The van der Waals surface area contributed by atoms with Gasteiger partial charge in [-0.15, -0.1) is 0 Å². The van der Waals surface area contributed by atoms with E-state index in [9.17, 15) is 4.39 Å². The molecule has 0 fully saturated rings. The zero-order chi connectivity index (χ0) is 13.1. The van der Waals surface area contributed by atoms with Gasteiger partial charge in [-0.25, -0.2) is 4.39 Å². The summed E-state index contributed by atoms with van der Waals surface area (Å²) in [6.45, 7) is 10.6. The summed E-state index contributed by atoms with van der Waals surface area (Å²) in [5.74, 6) is 1.25. The van der Waals surface area contributed by atoms with E-state index in [1.165, 1.54) is 6.07 Å². The molecule has 0 aliphatic rings. The zero-order valence-electron chi connectivity index (χ0n) is 11.3. The van der Waals surface area contributed by atoms with Gasteiger partial charge in [0, 0.05) is 11.7 Å². The molecule has 0 bridgehead atoms. The molecule has 0 saturated carbocycles. The zero-order valence-corrected chi connectivity index (χ0v) is 12.3. The molecule has 0 N–H and O–H groups in total. The maximum Gasteiger partial charge on any atom is 0.126 e. The predicted molar refractivity (Wildman–Crippen MR) is 73.7 cm³/mol. The van der Waals surface area contributed by atoms with Crippen molar-refractivity contribution in [3.63, 3.8) is 0 Å². The molecule has 0 aliphatic heterocycles. The Morgan fingerprint density at radius 3 is 2.47 bits per heavy atom. The van der Waals surface area contributed by atoms with Crippen LogP contribution in [0.1, 0.15) is 40.2 Å². The van der Waals surface area contributed by atoms with Crippen molar-refractivity contribution in [3.05, 3.63) is 29.6 Å². The standard InChI is InChI=1S/C14H22FOP/c1-10(2)9-17-16-13-7-6-11(15)8-12(13)14(3,4)5/h6-8,10,17H,9H2,1-5H3. The lowest BCUT2D eigenvalue weighted by Crippen LogP contribution is -2.12. The molecule has 1 aromatic carbocycles. The number of rotatable bonds is 4. The van der Waals surface area contributed by atoms with Gasteiger partial charge in [0.25, 0.3) is 0 Å². The van der Waals surface area contributed by atoms with Gasteiger partial charge in [0.2, 0.25) is 0 Å². The van der Waals surface area contributed by atoms with Crippen LogP contribution in [-0.2, 0) is 5.41 Å². The first-order chi connectivity index (χ1) is 7.80. The van der Waals surface area contributed by atoms with Crippen molar-refractivity contribution >= 4 is 8.81 Å². The molecule has 0 heterocycles. The van der Waals surface area contributed by atoms with Crippen molar-refractivity contribution in [2.24, 2.45) is 5.92 Å². The van der Waals surface area contributed by atoms with E-state index in [0.717, 1.165) is 17.5 Å². The summed E-state index contributed by atoms with van der Waals surface area (Å²) in [6, 6.07) is 4.78. The van der Waals surface area contributed by atoms with Gasteiger partial charge in [0.05, 0.1) is 8.81 Å². The monoisotopic (exact) mass is 256 g/mol. The van der Waals surface area contributed by atoms with Gasteiger partial charge in [-0.1, -0.05) is 34.6 Å². The highest BCUT2D eigenvalue weighted by Gasteiger charge is 2.19. The van der Waals surface area contributed by atoms with Gasteiger partial charge in [-0.2, -0.15) is 0 Å². The van der Waals surface area contributed by atoms with Crippen molar-refractivity contribution < 1.29 is 8.91 Å². The Kier molecular flexibility index (Phi) is 4.94. The van der Waals surface area contributed by atoms with Crippen LogP contribution < -0.4 is 4.52 Å². The molecule has 1 aromatic rings. The van der Waals surface area contributed by atoms with Crippen LogP contribution in [0.25, 0.3) is 0 Å². The fourth-order valence-electron chi connectivity index (χ4n) is 1.46. The Balaban J connectivity index is 2.84. The molecule has 3 heteroatoms. The molecule has 0 spiro atoms. The van der Waals surface area contributed by atoms with Gasteiger partial charge < -0.3 is 4.52 Å². The maximum atomic E-state index is 13.3. The van der Waals surface area contributed by atoms with Gasteiger partial charge in [-0.3, -0.25) is 0 Å². The topological polar surface area (TPSA) is 9.23 Å². The summed E-state index contributed by atoms with van der Waals surface area (Å²) in [6.07, 6.45) is 1.04. The van der Waals surface area contributed by atoms with E-state index in [-0.39, 0.29) is 11.2 Å². The van der Waals surface area contributed by atoms with E-state index in [4.69, 9.17) is 4.52 Å². The smallest absolute Gasteiger partial charge is 0.126 e. The number of halogens is 1. The Labute approximate surface area is 106 Å². The second kappa shape index (κ2) is 5.82. The van der Waals surface area contributed by atoms with Crippen molar-refractivity contribution in [3.8, 4) is 5.75 Å². The van der Waals surface area contributed by atoms with E-state index < -0.39 is 0 Å². The number of hydrogen-bond donors (Lipinski definition) is 0. The third kappa shape index (κ3) is 4.63. The average molecular weight is 256 g/mol. The molecule has 0 radical (unpaired) electrons. The van der Waals surface area contributed by atoms with Gasteiger partial charge >= 0.3 is 0 Å². The minimum Gasteiger partial charge on any atom is -0.477 e. The summed E-state index contributed by atoms with van der Waals surface area (Å²) in [5.41, 5.74) is 0.841. The first-order valence-corrected chi connectivity index (χ1v) is 7.12. The van der Waals surface area contributed by atoms with Gasteiger partial charge in [0.1, 0.15) is 11.6 Å². The minimum atomic E-state index is -0.200. The molecule has 1 unspecified atom stereocenters. The molecule has 0 aliphatic carbocycles. The fourth-order valence-corrected chi connectivity index (χ4v) is 2.21. The molecule has 0 saturated heterocycles. The van der Waals surface area contributed by atoms with E-state index in [1.807, 2.05) is 0 Å². The summed E-state index contributed by atoms with van der Waals surface area (Å²) >= 11 is 0. The van der Waals surface area contributed by atoms with Crippen LogP contribution in [-0.4, -0.2) is 6.16 Å². The first-order valence-electron chi connectivity index (χ1n) is 6.00. The van der Waals surface area contributed by atoms with Crippen LogP contribution >= 0.6 is 8.81 Å². The highest BCUT2D eigenvalue weighted by atomic mass is 31.1. The number of benzene rings is 1. The Hall–Kier alpha value is -0.620. The molecular formula is C14H22FOP. The Morgan fingerprint density at radius 2 is 1.94 bits per heavy atom. The number of hydrogen-bond acceptors (Lipinski definition) is 1. The quantitative estimate of drug-likeness (QED) is 0.706. The van der Waals surface area contributed by atoms with Gasteiger partial charge in [0.15, 0.2) is 0 Å². The molecule has 1 rings (SSSR count). The highest BCUT2D eigenvalue weighted by Crippen LogP contribution is 2.35. The summed E-state index contributed by atoms with van der Waals surface area (Å²) in [7, 11) is 0.440. The lowest BCUT2D eigenvalue weighted by Gasteiger charge is -2.23. The van der Waals surface area contributed by atoms with E-state index in [2.05, 4.69) is 34.6 Å². The fraction of sp³-hybridized carbons (Fsp3) is 0.571. The third-order valence-electron chi connectivity index (χ3n) is 2.42. The van der Waals surface area contributed by atoms with E-state index in [1.54, 1.807) is 12.1 Å². The predicted octanol–water partition coefficient (Wildman–Crippen LogP) is 4.75. The van der Waals surface area contributed by atoms with Crippen LogP contribution in [0.2, 0.25) is 0 Å². The normalized spacial score (nSPS) is 12.6. The largest absolute Gasteiger partial charge is 0.477 e. The average Bonchev–Trinajstić information content (AvgIpc) is 2.18. The van der Waals surface area contributed by atoms with E-state index >= 15 is 0 Å². The third-order valence-corrected chi connectivity index (χ3v) is 3.77. The Bertz CT molecular complexity index is 369. The van der Waals surface area contributed by atoms with Crippen LogP contribution in [0.15, 0.2) is 18.2 Å². The molecular weight excluding hydrogens is 234 g/mol. The van der Waals surface area contributed by atoms with Crippen molar-refractivity contribution in [2.45, 2.75) is 40.0 Å². The van der Waals surface area contributed by atoms with Crippen LogP contribution in [0, 0.1) is 11.7 Å². The van der Waals surface area contributed by atoms with Crippen LogP contribution in [0.4, 0.5) is 4.39 Å². The summed E-state index contributed by atoms with van der Waals surface area (Å²) in [4.78, 5) is 0. The molecule has 1 atom stereocenters. The summed E-state index contributed by atoms with van der Waals surface area (Å²) in [5, 5.41) is 0. The lowest BCUT2D eigenvalue weighted by molar-refractivity contribution is 0.527. The van der Waals surface area contributed by atoms with E-state index in [0.29, 0.717) is 14.7 Å². The molecule has 0 aromatic heterocycles. The molecule has 96 valence electrons. The van der Waals surface area contributed by atoms with Crippen molar-refractivity contribution in [2.75, 3.05) is 6.16 Å². The van der Waals surface area contributed by atoms with Crippen molar-refractivity contribution in [1.29, 1.82) is 0 Å². The molecule has 1 nitrogen and oxygen atoms in total. The first kappa shape index (κ1) is 14.4. The minimum absolute atomic E-state index is 0.0975. The highest BCUT2D eigenvalue weighted by molar-refractivity contribution is 7.32. The lowest BCUT2D eigenvalue weighted by atomic mass is 9.86. The molecule has 17 heavy (non-hydrogen) atoms. The molecule has 0 amide bonds. The van der Waals surface area contributed by atoms with Gasteiger partial charge in [-0.05, 0) is 29.5 Å². The van der Waals surface area contributed by atoms with Crippen LogP contribution in [0.3, 0.4) is 0 Å². The Morgan fingerprint density at radius 1 is 1.29 bits per heavy atom. The van der Waals surface area contributed by atoms with Crippen LogP contribution in [0.5, 0.6) is 5.75 Å². The summed E-state index contributed by atoms with van der Waals surface area (Å²) < 4.78 is 19.1. The second-order valence-electron chi connectivity index (χ2n) is 5.73. The second-order valence-corrected chi connectivity index (χ2v) is 6.64. The maximum absolute atomic E-state index is 13.3. The SMILES string of the molecule is CC(C)CPOc1ccc(F)cc1C(C)(C)C. The van der Waals surface area contributed by atoms with Crippen molar-refractivity contribution in [1.82, 2.24) is 0 Å².